The molecule has 0 saturated carbocycles. The molecule has 0 bridgehead atoms. The van der Waals surface area contributed by atoms with Gasteiger partial charge in [0.1, 0.15) is 10.6 Å². The van der Waals surface area contributed by atoms with Crippen LogP contribution in [0.15, 0.2) is 29.3 Å². The molecule has 0 atom stereocenters. The molecule has 7 heteroatoms. The van der Waals surface area contributed by atoms with Gasteiger partial charge in [0.05, 0.1) is 17.5 Å². The quantitative estimate of drug-likeness (QED) is 0.847. The minimum absolute atomic E-state index is 0.130. The van der Waals surface area contributed by atoms with E-state index in [0.29, 0.717) is 17.7 Å². The van der Waals surface area contributed by atoms with Gasteiger partial charge in [-0.2, -0.15) is 11.8 Å². The summed E-state index contributed by atoms with van der Waals surface area (Å²) >= 11 is 1.71. The molecule has 0 unspecified atom stereocenters. The molecule has 0 aliphatic heterocycles. The molecule has 2 aromatic rings. The van der Waals surface area contributed by atoms with Crippen molar-refractivity contribution in [1.29, 1.82) is 0 Å². The average molecular weight is 328 g/mol. The van der Waals surface area contributed by atoms with Crippen LogP contribution < -0.4 is 9.88 Å². The first-order valence-corrected chi connectivity index (χ1v) is 9.69. The molecule has 0 fully saturated rings. The Kier molecular flexibility index (Phi) is 5.18. The fourth-order valence-electron chi connectivity index (χ4n) is 2.20. The fraction of sp³-hybridized carbons (Fsp3) is 0.429. The van der Waals surface area contributed by atoms with Gasteiger partial charge < -0.3 is 9.30 Å². The number of hydrogen-bond acceptors (Lipinski definition) is 4. The van der Waals surface area contributed by atoms with E-state index in [2.05, 4.69) is 0 Å². The van der Waals surface area contributed by atoms with Crippen LogP contribution >= 0.6 is 11.8 Å². The van der Waals surface area contributed by atoms with E-state index in [-0.39, 0.29) is 4.90 Å². The number of aryl methyl sites for hydroxylation is 1. The highest BCUT2D eigenvalue weighted by Crippen LogP contribution is 2.33. The van der Waals surface area contributed by atoms with Gasteiger partial charge in [0.2, 0.25) is 10.0 Å². The fourth-order valence-corrected chi connectivity index (χ4v) is 3.35. The first kappa shape index (κ1) is 16.2. The van der Waals surface area contributed by atoms with E-state index < -0.39 is 10.0 Å². The van der Waals surface area contributed by atoms with Crippen LogP contribution in [0.4, 0.5) is 0 Å². The van der Waals surface area contributed by atoms with Gasteiger partial charge in [-0.3, -0.25) is 0 Å². The predicted molar refractivity (Wildman–Crippen MR) is 87.5 cm³/mol. The predicted octanol–water partition coefficient (Wildman–Crippen LogP) is 2.44. The zero-order chi connectivity index (χ0) is 15.5. The molecule has 1 heterocycles. The van der Waals surface area contributed by atoms with Gasteiger partial charge in [-0.05, 0) is 24.8 Å². The normalized spacial score (nSPS) is 12.0. The third-order valence-corrected chi connectivity index (χ3v) is 4.65. The molecule has 0 radical (unpaired) electrons. The summed E-state index contributed by atoms with van der Waals surface area (Å²) in [4.78, 5) is 0.130. The number of hydrogen-bond donors (Lipinski definition) is 1. The number of ether oxygens (including phenoxy) is 1. The molecular weight excluding hydrogens is 308 g/mol. The Labute approximate surface area is 129 Å². The zero-order valence-corrected chi connectivity index (χ0v) is 13.8. The Morgan fingerprint density at radius 2 is 2.14 bits per heavy atom. The van der Waals surface area contributed by atoms with Crippen molar-refractivity contribution < 1.29 is 13.2 Å². The highest BCUT2D eigenvalue weighted by atomic mass is 32.2. The van der Waals surface area contributed by atoms with Crippen LogP contribution in [0.5, 0.6) is 5.75 Å². The number of rotatable bonds is 7. The Morgan fingerprint density at radius 3 is 2.76 bits per heavy atom. The van der Waals surface area contributed by atoms with E-state index in [1.807, 2.05) is 29.9 Å². The maximum absolute atomic E-state index is 11.9. The summed E-state index contributed by atoms with van der Waals surface area (Å²) in [5, 5.41) is 5.94. The van der Waals surface area contributed by atoms with Crippen LogP contribution in [0.2, 0.25) is 0 Å². The SMILES string of the molecule is CCCOc1cccc2c1c(S(N)(=O)=O)cn2CCSC. The van der Waals surface area contributed by atoms with Crippen molar-refractivity contribution in [2.45, 2.75) is 24.8 Å². The highest BCUT2D eigenvalue weighted by Gasteiger charge is 2.20. The van der Waals surface area contributed by atoms with Crippen LogP contribution in [0, 0.1) is 0 Å². The smallest absolute Gasteiger partial charge is 0.240 e. The number of fused-ring (bicyclic) bond motifs is 1. The number of aromatic nitrogens is 1. The Morgan fingerprint density at radius 1 is 1.38 bits per heavy atom. The van der Waals surface area contributed by atoms with Crippen molar-refractivity contribution in [2.24, 2.45) is 5.14 Å². The molecule has 1 aromatic carbocycles. The lowest BCUT2D eigenvalue weighted by Crippen LogP contribution is -2.12. The van der Waals surface area contributed by atoms with Crippen molar-refractivity contribution in [3.8, 4) is 5.75 Å². The van der Waals surface area contributed by atoms with Crippen LogP contribution in [-0.2, 0) is 16.6 Å². The molecule has 5 nitrogen and oxygen atoms in total. The van der Waals surface area contributed by atoms with Crippen LogP contribution in [-0.4, -0.2) is 31.6 Å². The lowest BCUT2D eigenvalue weighted by atomic mass is 10.2. The molecule has 0 aliphatic rings. The van der Waals surface area contributed by atoms with Crippen LogP contribution in [0.1, 0.15) is 13.3 Å². The van der Waals surface area contributed by atoms with Gasteiger partial charge in [0.15, 0.2) is 0 Å². The summed E-state index contributed by atoms with van der Waals surface area (Å²) in [5.74, 6) is 1.47. The van der Waals surface area contributed by atoms with Gasteiger partial charge in [0, 0.05) is 18.5 Å². The number of thioether (sulfide) groups is 1. The standard InChI is InChI=1S/C14H20N2O3S2/c1-3-8-19-12-6-4-5-11-14(12)13(21(15,17)18)10-16(11)7-9-20-2/h4-6,10H,3,7-9H2,1-2H3,(H2,15,17,18). The summed E-state index contributed by atoms with van der Waals surface area (Å²) in [6.07, 6.45) is 4.48. The first-order chi connectivity index (χ1) is 9.99. The largest absolute Gasteiger partial charge is 0.493 e. The van der Waals surface area contributed by atoms with Crippen molar-refractivity contribution in [3.05, 3.63) is 24.4 Å². The number of sulfonamides is 1. The molecule has 0 amide bonds. The number of nitrogens with zero attached hydrogens (tertiary/aromatic N) is 1. The van der Waals surface area contributed by atoms with Crippen LogP contribution in [0.25, 0.3) is 10.9 Å². The summed E-state index contributed by atoms with van der Waals surface area (Å²) in [7, 11) is -3.79. The zero-order valence-electron chi connectivity index (χ0n) is 12.2. The minimum Gasteiger partial charge on any atom is -0.493 e. The molecule has 116 valence electrons. The molecule has 0 aliphatic carbocycles. The maximum atomic E-state index is 11.9. The van der Waals surface area contributed by atoms with Crippen molar-refractivity contribution in [1.82, 2.24) is 4.57 Å². The van der Waals surface area contributed by atoms with E-state index in [0.717, 1.165) is 24.2 Å². The van der Waals surface area contributed by atoms with Gasteiger partial charge in [-0.25, -0.2) is 13.6 Å². The topological polar surface area (TPSA) is 74.3 Å². The number of benzene rings is 1. The summed E-state index contributed by atoms with van der Waals surface area (Å²) in [6, 6.07) is 5.55. The second-order valence-corrected chi connectivity index (χ2v) is 7.24. The molecular formula is C14H20N2O3S2. The Balaban J connectivity index is 2.63. The molecule has 1 aromatic heterocycles. The summed E-state index contributed by atoms with van der Waals surface area (Å²) in [6.45, 7) is 3.27. The number of nitrogens with two attached hydrogens (primary N) is 1. The maximum Gasteiger partial charge on any atom is 0.240 e. The van der Waals surface area contributed by atoms with E-state index in [9.17, 15) is 8.42 Å². The molecule has 2 rings (SSSR count). The molecule has 0 spiro atoms. The first-order valence-electron chi connectivity index (χ1n) is 6.75. The molecule has 2 N–H and O–H groups in total. The highest BCUT2D eigenvalue weighted by molar-refractivity contribution is 7.98. The minimum atomic E-state index is -3.79. The van der Waals surface area contributed by atoms with Crippen molar-refractivity contribution >= 4 is 32.7 Å². The Bertz CT molecular complexity index is 723. The number of primary sulfonamides is 1. The van der Waals surface area contributed by atoms with Gasteiger partial charge in [0.25, 0.3) is 0 Å². The van der Waals surface area contributed by atoms with Crippen molar-refractivity contribution in [2.75, 3.05) is 18.6 Å². The van der Waals surface area contributed by atoms with E-state index >= 15 is 0 Å². The van der Waals surface area contributed by atoms with Gasteiger partial charge in [-0.15, -0.1) is 0 Å². The average Bonchev–Trinajstić information content (AvgIpc) is 2.82. The summed E-state index contributed by atoms with van der Waals surface area (Å²) < 4.78 is 31.3. The third-order valence-electron chi connectivity index (χ3n) is 3.14. The summed E-state index contributed by atoms with van der Waals surface area (Å²) in [5.41, 5.74) is 0.835. The lowest BCUT2D eigenvalue weighted by molar-refractivity contribution is 0.321. The molecule has 0 saturated heterocycles. The second kappa shape index (κ2) is 6.72. The monoisotopic (exact) mass is 328 g/mol. The Hall–Kier alpha value is -1.18. The van der Waals surface area contributed by atoms with E-state index in [4.69, 9.17) is 9.88 Å². The van der Waals surface area contributed by atoms with Gasteiger partial charge in [-0.1, -0.05) is 13.0 Å². The molecule has 21 heavy (non-hydrogen) atoms. The lowest BCUT2D eigenvalue weighted by Gasteiger charge is -2.08. The van der Waals surface area contributed by atoms with Crippen molar-refractivity contribution in [3.63, 3.8) is 0 Å². The van der Waals surface area contributed by atoms with Gasteiger partial charge >= 0.3 is 0 Å². The second-order valence-electron chi connectivity index (χ2n) is 4.72. The van der Waals surface area contributed by atoms with E-state index in [1.165, 1.54) is 0 Å². The van der Waals surface area contributed by atoms with E-state index in [1.54, 1.807) is 24.0 Å². The van der Waals surface area contributed by atoms with Crippen LogP contribution in [0.3, 0.4) is 0 Å². The third kappa shape index (κ3) is 3.53.